The van der Waals surface area contributed by atoms with E-state index in [4.69, 9.17) is 9.47 Å². The van der Waals surface area contributed by atoms with E-state index in [-0.39, 0.29) is 12.5 Å². The topological polar surface area (TPSA) is 60.5 Å². The molecule has 1 N–H and O–H groups in total. The van der Waals surface area contributed by atoms with Crippen LogP contribution in [0.2, 0.25) is 0 Å². The van der Waals surface area contributed by atoms with Gasteiger partial charge in [0.15, 0.2) is 11.7 Å². The number of nitrogens with one attached hydrogen (secondary N) is 1. The second kappa shape index (κ2) is 7.53. The van der Waals surface area contributed by atoms with Crippen LogP contribution in [0, 0.1) is 13.8 Å². The molecule has 3 rings (SSSR count). The average Bonchev–Trinajstić information content (AvgIpc) is 2.96. The van der Waals surface area contributed by atoms with Crippen LogP contribution >= 0.6 is 11.3 Å². The highest BCUT2D eigenvalue weighted by atomic mass is 32.1. The third-order valence-electron chi connectivity index (χ3n) is 3.67. The van der Waals surface area contributed by atoms with Gasteiger partial charge >= 0.3 is 0 Å². The Morgan fingerprint density at radius 2 is 1.92 bits per heavy atom. The van der Waals surface area contributed by atoms with Gasteiger partial charge in [0.05, 0.1) is 16.8 Å². The van der Waals surface area contributed by atoms with Crippen LogP contribution in [0.3, 0.4) is 0 Å². The highest BCUT2D eigenvalue weighted by Crippen LogP contribution is 2.29. The van der Waals surface area contributed by atoms with Gasteiger partial charge < -0.3 is 9.47 Å². The van der Waals surface area contributed by atoms with E-state index in [2.05, 4.69) is 10.3 Å². The number of nitrogens with zero attached hydrogens (tertiary/aromatic N) is 1. The summed E-state index contributed by atoms with van der Waals surface area (Å²) >= 11 is 1.41. The Labute approximate surface area is 150 Å². The van der Waals surface area contributed by atoms with Crippen LogP contribution in [0.25, 0.3) is 10.2 Å². The van der Waals surface area contributed by atoms with Gasteiger partial charge in [0.2, 0.25) is 0 Å². The largest absolute Gasteiger partial charge is 0.494 e. The van der Waals surface area contributed by atoms with Crippen molar-refractivity contribution in [1.82, 2.24) is 4.98 Å². The predicted molar refractivity (Wildman–Crippen MR) is 101 cm³/mol. The molecule has 0 unspecified atom stereocenters. The van der Waals surface area contributed by atoms with E-state index in [0.717, 1.165) is 32.8 Å². The van der Waals surface area contributed by atoms with Gasteiger partial charge in [0, 0.05) is 0 Å². The van der Waals surface area contributed by atoms with Crippen molar-refractivity contribution in [3.63, 3.8) is 0 Å². The number of thiazole rings is 1. The molecular formula is C19H20N2O3S. The highest BCUT2D eigenvalue weighted by Gasteiger charge is 2.11. The van der Waals surface area contributed by atoms with Crippen molar-refractivity contribution in [2.45, 2.75) is 20.8 Å². The summed E-state index contributed by atoms with van der Waals surface area (Å²) in [6.45, 7) is 6.43. The molecule has 25 heavy (non-hydrogen) atoms. The second-order valence-corrected chi connectivity index (χ2v) is 6.67. The fourth-order valence-corrected chi connectivity index (χ4v) is 3.45. The van der Waals surface area contributed by atoms with Crippen molar-refractivity contribution < 1.29 is 14.3 Å². The Morgan fingerprint density at radius 3 is 2.64 bits per heavy atom. The van der Waals surface area contributed by atoms with Gasteiger partial charge in [-0.05, 0) is 50.1 Å². The molecular weight excluding hydrogens is 336 g/mol. The molecule has 0 spiro atoms. The lowest BCUT2D eigenvalue weighted by atomic mass is 10.1. The third-order valence-corrected chi connectivity index (χ3v) is 4.61. The minimum Gasteiger partial charge on any atom is -0.494 e. The number of aromatic nitrogens is 1. The number of para-hydroxylation sites is 1. The molecule has 1 heterocycles. The van der Waals surface area contributed by atoms with Crippen molar-refractivity contribution in [1.29, 1.82) is 0 Å². The summed E-state index contributed by atoms with van der Waals surface area (Å²) in [6.07, 6.45) is 0. The molecule has 130 valence electrons. The lowest BCUT2D eigenvalue weighted by Gasteiger charge is -2.11. The number of hydrogen-bond donors (Lipinski definition) is 1. The van der Waals surface area contributed by atoms with Gasteiger partial charge in [0.25, 0.3) is 5.91 Å². The van der Waals surface area contributed by atoms with Crippen molar-refractivity contribution in [2.24, 2.45) is 0 Å². The Morgan fingerprint density at radius 1 is 1.16 bits per heavy atom. The van der Waals surface area contributed by atoms with Gasteiger partial charge in [-0.3, -0.25) is 10.1 Å². The molecule has 6 heteroatoms. The monoisotopic (exact) mass is 356 g/mol. The zero-order valence-electron chi connectivity index (χ0n) is 14.5. The minimum atomic E-state index is -0.230. The average molecular weight is 356 g/mol. The van der Waals surface area contributed by atoms with Crippen molar-refractivity contribution in [3.05, 3.63) is 47.5 Å². The molecule has 0 fully saturated rings. The molecule has 2 aromatic carbocycles. The lowest BCUT2D eigenvalue weighted by Crippen LogP contribution is -2.20. The first kappa shape index (κ1) is 17.2. The summed E-state index contributed by atoms with van der Waals surface area (Å²) in [7, 11) is 0. The molecule has 3 aromatic rings. The van der Waals surface area contributed by atoms with E-state index >= 15 is 0 Å². The lowest BCUT2D eigenvalue weighted by molar-refractivity contribution is -0.118. The fourth-order valence-electron chi connectivity index (χ4n) is 2.53. The maximum Gasteiger partial charge on any atom is 0.264 e. The maximum absolute atomic E-state index is 12.2. The Bertz CT molecular complexity index is 885. The number of fused-ring (bicyclic) bond motifs is 1. The van der Waals surface area contributed by atoms with E-state index in [0.29, 0.717) is 11.7 Å². The summed E-state index contributed by atoms with van der Waals surface area (Å²) in [6, 6.07) is 11.6. The Hall–Kier alpha value is -2.60. The van der Waals surface area contributed by atoms with E-state index < -0.39 is 0 Å². The molecule has 0 atom stereocenters. The standard InChI is InChI=1S/C19H20N2O3S/c1-4-23-14-8-9-15-16(10-14)25-19(20-15)21-17(22)11-24-18-12(2)6-5-7-13(18)3/h5-10H,4,11H2,1-3H3,(H,20,21,22). The van der Waals surface area contributed by atoms with Gasteiger partial charge in [-0.1, -0.05) is 29.5 Å². The smallest absolute Gasteiger partial charge is 0.264 e. The first-order valence-electron chi connectivity index (χ1n) is 8.09. The summed E-state index contributed by atoms with van der Waals surface area (Å²) in [5.41, 5.74) is 2.85. The fraction of sp³-hybridized carbons (Fsp3) is 0.263. The van der Waals surface area contributed by atoms with Crippen molar-refractivity contribution in [2.75, 3.05) is 18.5 Å². The number of ether oxygens (including phenoxy) is 2. The van der Waals surface area contributed by atoms with Gasteiger partial charge in [0.1, 0.15) is 11.5 Å². The number of aryl methyl sites for hydroxylation is 2. The van der Waals surface area contributed by atoms with Crippen molar-refractivity contribution >= 4 is 32.6 Å². The minimum absolute atomic E-state index is 0.0498. The van der Waals surface area contributed by atoms with Gasteiger partial charge in [-0.2, -0.15) is 0 Å². The van der Waals surface area contributed by atoms with Crippen LogP contribution in [-0.4, -0.2) is 24.1 Å². The highest BCUT2D eigenvalue weighted by molar-refractivity contribution is 7.22. The summed E-state index contributed by atoms with van der Waals surface area (Å²) in [5, 5.41) is 3.35. The molecule has 0 radical (unpaired) electrons. The molecule has 0 saturated carbocycles. The Balaban J connectivity index is 1.65. The SMILES string of the molecule is CCOc1ccc2nc(NC(=O)COc3c(C)cccc3C)sc2c1. The number of amides is 1. The van der Waals surface area contributed by atoms with Crippen LogP contribution < -0.4 is 14.8 Å². The van der Waals surface area contributed by atoms with E-state index in [9.17, 15) is 4.79 Å². The predicted octanol–water partition coefficient (Wildman–Crippen LogP) is 4.33. The van der Waals surface area contributed by atoms with Crippen LogP contribution in [0.15, 0.2) is 36.4 Å². The van der Waals surface area contributed by atoms with E-state index in [1.807, 2.05) is 57.2 Å². The van der Waals surface area contributed by atoms with Gasteiger partial charge in [-0.25, -0.2) is 4.98 Å². The number of anilines is 1. The number of carbonyl (C=O) groups is 1. The summed E-state index contributed by atoms with van der Waals surface area (Å²) in [4.78, 5) is 16.6. The first-order chi connectivity index (χ1) is 12.1. The number of hydrogen-bond acceptors (Lipinski definition) is 5. The van der Waals surface area contributed by atoms with Crippen LogP contribution in [-0.2, 0) is 4.79 Å². The molecule has 0 aliphatic rings. The van der Waals surface area contributed by atoms with Crippen LogP contribution in [0.4, 0.5) is 5.13 Å². The molecule has 1 amide bonds. The molecule has 0 aliphatic carbocycles. The normalized spacial score (nSPS) is 10.7. The second-order valence-electron chi connectivity index (χ2n) is 5.64. The quantitative estimate of drug-likeness (QED) is 0.714. The zero-order chi connectivity index (χ0) is 17.8. The zero-order valence-corrected chi connectivity index (χ0v) is 15.3. The number of carbonyl (C=O) groups excluding carboxylic acids is 1. The van der Waals surface area contributed by atoms with Crippen LogP contribution in [0.5, 0.6) is 11.5 Å². The Kier molecular flexibility index (Phi) is 5.19. The molecule has 5 nitrogen and oxygen atoms in total. The first-order valence-corrected chi connectivity index (χ1v) is 8.90. The summed E-state index contributed by atoms with van der Waals surface area (Å²) in [5.74, 6) is 1.32. The number of benzene rings is 2. The maximum atomic E-state index is 12.2. The molecule has 1 aromatic heterocycles. The summed E-state index contributed by atoms with van der Waals surface area (Å²) < 4.78 is 12.1. The number of rotatable bonds is 6. The molecule has 0 saturated heterocycles. The molecule has 0 aliphatic heterocycles. The third kappa shape index (κ3) is 4.09. The van der Waals surface area contributed by atoms with Crippen molar-refractivity contribution in [3.8, 4) is 11.5 Å². The molecule has 0 bridgehead atoms. The van der Waals surface area contributed by atoms with Crippen LogP contribution in [0.1, 0.15) is 18.1 Å². The van der Waals surface area contributed by atoms with E-state index in [1.165, 1.54) is 11.3 Å². The van der Waals surface area contributed by atoms with Gasteiger partial charge in [-0.15, -0.1) is 0 Å². The van der Waals surface area contributed by atoms with E-state index in [1.54, 1.807) is 0 Å².